The minimum atomic E-state index is -0.381. The molecule has 0 heterocycles. The van der Waals surface area contributed by atoms with Gasteiger partial charge in [0, 0.05) is 15.6 Å². The third kappa shape index (κ3) is 7.70. The summed E-state index contributed by atoms with van der Waals surface area (Å²) in [7, 11) is 0. The zero-order valence-corrected chi connectivity index (χ0v) is 22.7. The van der Waals surface area contributed by atoms with Crippen LogP contribution in [-0.4, -0.2) is 25.3 Å². The van der Waals surface area contributed by atoms with Gasteiger partial charge in [-0.25, -0.2) is 5.43 Å². The van der Waals surface area contributed by atoms with Crippen LogP contribution in [0.25, 0.3) is 0 Å². The molecule has 35 heavy (non-hydrogen) atoms. The normalized spacial score (nSPS) is 10.7. The summed E-state index contributed by atoms with van der Waals surface area (Å²) in [6.07, 6.45) is 3.19. The number of hydrogen-bond acceptors (Lipinski definition) is 5. The highest BCUT2D eigenvalue weighted by Crippen LogP contribution is 2.33. The Balaban J connectivity index is 1.73. The van der Waals surface area contributed by atoms with Crippen molar-refractivity contribution in [2.75, 3.05) is 13.2 Å². The Hall–Kier alpha value is -3.10. The van der Waals surface area contributed by atoms with Gasteiger partial charge < -0.3 is 14.2 Å². The van der Waals surface area contributed by atoms with E-state index in [1.165, 1.54) is 5.56 Å². The van der Waals surface area contributed by atoms with Crippen molar-refractivity contribution in [3.8, 4) is 17.2 Å². The SMILES string of the molecule is C=CCOc1ccc(C(=O)N/N=C/c2cc(Br)cc(Br)c2OCc2ccc(C)cc2)cc1OCC. The first-order valence-corrected chi connectivity index (χ1v) is 12.5. The quantitative estimate of drug-likeness (QED) is 0.149. The molecule has 0 radical (unpaired) electrons. The van der Waals surface area contributed by atoms with E-state index < -0.39 is 0 Å². The van der Waals surface area contributed by atoms with Crippen molar-refractivity contribution in [2.24, 2.45) is 5.10 Å². The molecule has 0 fully saturated rings. The summed E-state index contributed by atoms with van der Waals surface area (Å²) in [4.78, 5) is 12.7. The second kappa shape index (κ2) is 13.1. The van der Waals surface area contributed by atoms with Crippen LogP contribution < -0.4 is 19.6 Å². The Labute approximate surface area is 222 Å². The molecule has 0 aliphatic carbocycles. The van der Waals surface area contributed by atoms with E-state index in [0.717, 1.165) is 14.5 Å². The van der Waals surface area contributed by atoms with Crippen molar-refractivity contribution in [3.05, 3.63) is 98.5 Å². The molecular weight excluding hydrogens is 576 g/mol. The molecule has 0 aliphatic rings. The number of aryl methyl sites for hydroxylation is 1. The van der Waals surface area contributed by atoms with E-state index in [-0.39, 0.29) is 5.91 Å². The van der Waals surface area contributed by atoms with E-state index >= 15 is 0 Å². The smallest absolute Gasteiger partial charge is 0.271 e. The number of nitrogens with zero attached hydrogens (tertiary/aromatic N) is 1. The van der Waals surface area contributed by atoms with E-state index in [0.29, 0.717) is 48.2 Å². The van der Waals surface area contributed by atoms with Crippen LogP contribution in [0.2, 0.25) is 0 Å². The van der Waals surface area contributed by atoms with Crippen LogP contribution in [0.5, 0.6) is 17.2 Å². The summed E-state index contributed by atoms with van der Waals surface area (Å²) in [6, 6.07) is 16.9. The van der Waals surface area contributed by atoms with Crippen LogP contribution in [0, 0.1) is 6.92 Å². The Kier molecular flexibility index (Phi) is 9.93. The topological polar surface area (TPSA) is 69.2 Å². The van der Waals surface area contributed by atoms with E-state index in [2.05, 4.69) is 49.0 Å². The summed E-state index contributed by atoms with van der Waals surface area (Å²) >= 11 is 7.04. The molecule has 6 nitrogen and oxygen atoms in total. The van der Waals surface area contributed by atoms with E-state index in [9.17, 15) is 4.79 Å². The van der Waals surface area contributed by atoms with Crippen LogP contribution in [0.1, 0.15) is 34.0 Å². The van der Waals surface area contributed by atoms with E-state index in [4.69, 9.17) is 14.2 Å². The summed E-state index contributed by atoms with van der Waals surface area (Å²) in [5.74, 6) is 1.26. The van der Waals surface area contributed by atoms with Gasteiger partial charge in [0.1, 0.15) is 19.0 Å². The fourth-order valence-corrected chi connectivity index (χ4v) is 4.45. The monoisotopic (exact) mass is 600 g/mol. The second-order valence-electron chi connectivity index (χ2n) is 7.47. The van der Waals surface area contributed by atoms with E-state index in [1.54, 1.807) is 30.5 Å². The zero-order chi connectivity index (χ0) is 25.2. The van der Waals surface area contributed by atoms with Crippen LogP contribution in [0.4, 0.5) is 0 Å². The number of benzene rings is 3. The van der Waals surface area contributed by atoms with Crippen LogP contribution in [-0.2, 0) is 6.61 Å². The summed E-state index contributed by atoms with van der Waals surface area (Å²) < 4.78 is 18.9. The maximum atomic E-state index is 12.7. The Bertz CT molecular complexity index is 1210. The molecule has 0 aliphatic heterocycles. The first-order chi connectivity index (χ1) is 16.9. The molecule has 0 bridgehead atoms. The highest BCUT2D eigenvalue weighted by atomic mass is 79.9. The fourth-order valence-electron chi connectivity index (χ4n) is 3.08. The van der Waals surface area contributed by atoms with Crippen LogP contribution in [0.15, 0.2) is 81.3 Å². The predicted octanol–water partition coefficient (Wildman–Crippen LogP) is 6.83. The molecule has 0 atom stereocenters. The van der Waals surface area contributed by atoms with Gasteiger partial charge in [0.2, 0.25) is 0 Å². The van der Waals surface area contributed by atoms with Crippen molar-refractivity contribution in [2.45, 2.75) is 20.5 Å². The minimum absolute atomic E-state index is 0.340. The molecule has 1 amide bonds. The van der Waals surface area contributed by atoms with Crippen molar-refractivity contribution < 1.29 is 19.0 Å². The molecule has 0 saturated carbocycles. The average molecular weight is 602 g/mol. The molecule has 8 heteroatoms. The second-order valence-corrected chi connectivity index (χ2v) is 9.24. The number of ether oxygens (including phenoxy) is 3. The highest BCUT2D eigenvalue weighted by molar-refractivity contribution is 9.11. The largest absolute Gasteiger partial charge is 0.490 e. The average Bonchev–Trinajstić information content (AvgIpc) is 2.83. The first-order valence-electron chi connectivity index (χ1n) is 10.9. The van der Waals surface area contributed by atoms with Gasteiger partial charge in [-0.05, 0) is 65.7 Å². The van der Waals surface area contributed by atoms with Gasteiger partial charge in [-0.3, -0.25) is 4.79 Å². The predicted molar refractivity (Wildman–Crippen MR) is 146 cm³/mol. The molecule has 0 saturated heterocycles. The van der Waals surface area contributed by atoms with Crippen molar-refractivity contribution >= 4 is 44.0 Å². The zero-order valence-electron chi connectivity index (χ0n) is 19.5. The van der Waals surface area contributed by atoms with Crippen LogP contribution >= 0.6 is 31.9 Å². The summed E-state index contributed by atoms with van der Waals surface area (Å²) in [5.41, 5.74) is 5.88. The number of carbonyl (C=O) groups excluding carboxylic acids is 1. The van der Waals surface area contributed by atoms with Gasteiger partial charge in [0.05, 0.1) is 17.3 Å². The van der Waals surface area contributed by atoms with Crippen molar-refractivity contribution in [3.63, 3.8) is 0 Å². The van der Waals surface area contributed by atoms with Gasteiger partial charge in [-0.2, -0.15) is 5.10 Å². The number of carbonyl (C=O) groups is 1. The number of hydrogen-bond donors (Lipinski definition) is 1. The van der Waals surface area contributed by atoms with Gasteiger partial charge >= 0.3 is 0 Å². The van der Waals surface area contributed by atoms with Gasteiger partial charge in [-0.1, -0.05) is 58.4 Å². The molecule has 3 aromatic carbocycles. The number of nitrogens with one attached hydrogen (secondary N) is 1. The lowest BCUT2D eigenvalue weighted by molar-refractivity contribution is 0.0954. The Morgan fingerprint density at radius 1 is 1.03 bits per heavy atom. The number of rotatable bonds is 11. The summed E-state index contributed by atoms with van der Waals surface area (Å²) in [5, 5.41) is 4.14. The van der Waals surface area contributed by atoms with Gasteiger partial charge in [0.15, 0.2) is 11.5 Å². The molecule has 182 valence electrons. The van der Waals surface area contributed by atoms with Gasteiger partial charge in [0.25, 0.3) is 5.91 Å². The molecule has 3 rings (SSSR count). The molecule has 3 aromatic rings. The van der Waals surface area contributed by atoms with Crippen molar-refractivity contribution in [1.82, 2.24) is 5.43 Å². The van der Waals surface area contributed by atoms with Crippen LogP contribution in [0.3, 0.4) is 0 Å². The molecule has 1 N–H and O–H groups in total. The van der Waals surface area contributed by atoms with Gasteiger partial charge in [-0.15, -0.1) is 0 Å². The Morgan fingerprint density at radius 2 is 1.80 bits per heavy atom. The van der Waals surface area contributed by atoms with E-state index in [1.807, 2.05) is 50.2 Å². The lowest BCUT2D eigenvalue weighted by Gasteiger charge is -2.13. The maximum Gasteiger partial charge on any atom is 0.271 e. The molecule has 0 unspecified atom stereocenters. The third-order valence-corrected chi connectivity index (χ3v) is 5.82. The molecule has 0 aromatic heterocycles. The Morgan fingerprint density at radius 3 is 2.51 bits per heavy atom. The fraction of sp³-hybridized carbons (Fsp3) is 0.185. The molecule has 0 spiro atoms. The minimum Gasteiger partial charge on any atom is -0.490 e. The lowest BCUT2D eigenvalue weighted by Crippen LogP contribution is -2.18. The third-order valence-electron chi connectivity index (χ3n) is 4.77. The number of amides is 1. The lowest BCUT2D eigenvalue weighted by atomic mass is 10.1. The summed E-state index contributed by atoms with van der Waals surface area (Å²) in [6.45, 7) is 8.73. The highest BCUT2D eigenvalue weighted by Gasteiger charge is 2.12. The molecular formula is C27H26Br2N2O4. The number of hydrazone groups is 1. The number of halogens is 2. The first kappa shape index (κ1) is 26.5. The standard InChI is InChI=1S/C27H26Br2N2O4/c1-4-12-34-24-11-10-20(14-25(24)33-5-2)27(32)31-30-16-21-13-22(28)15-23(29)26(21)35-17-19-8-6-18(3)7-9-19/h4,6-11,13-16H,1,5,12,17H2,2-3H3,(H,31,32)/b30-16+. The maximum absolute atomic E-state index is 12.7. The van der Waals surface area contributed by atoms with Crippen molar-refractivity contribution in [1.29, 1.82) is 0 Å².